The van der Waals surface area contributed by atoms with Gasteiger partial charge in [-0.3, -0.25) is 28.8 Å². The van der Waals surface area contributed by atoms with Crippen LogP contribution in [0.15, 0.2) is 121 Å². The summed E-state index contributed by atoms with van der Waals surface area (Å²) < 4.78 is 49.0. The molecule has 564 valence electrons. The van der Waals surface area contributed by atoms with E-state index >= 15 is 0 Å². The summed E-state index contributed by atoms with van der Waals surface area (Å²) in [6.45, 7) is 27.2. The van der Waals surface area contributed by atoms with E-state index in [-0.39, 0.29) is 92.1 Å². The lowest BCUT2D eigenvalue weighted by Gasteiger charge is -2.20. The van der Waals surface area contributed by atoms with Gasteiger partial charge < -0.3 is 65.6 Å². The first-order valence-electron chi connectivity index (χ1n) is 37.2. The maximum Gasteiger partial charge on any atom is 0.309 e. The van der Waals surface area contributed by atoms with Crippen LogP contribution in [0.4, 0.5) is 22.7 Å². The largest absolute Gasteiger partial charge is 0.494 e. The summed E-state index contributed by atoms with van der Waals surface area (Å²) in [6.07, 6.45) is 8.30. The Kier molecular flexibility index (Phi) is 40.0. The predicted molar refractivity (Wildman–Crippen MR) is 410 cm³/mol. The molecular formula is C84H118N4O15. The maximum absolute atomic E-state index is 13.4. The van der Waals surface area contributed by atoms with Gasteiger partial charge in [0.25, 0.3) is 0 Å². The summed E-state index contributed by atoms with van der Waals surface area (Å²) in [7, 11) is 0. The lowest BCUT2D eigenvalue weighted by molar-refractivity contribution is -0.150. The zero-order chi connectivity index (χ0) is 75.6. The van der Waals surface area contributed by atoms with E-state index in [2.05, 4.69) is 20.8 Å². The smallest absolute Gasteiger partial charge is 0.309 e. The molecular weight excluding hydrogens is 1300 g/mol. The zero-order valence-electron chi connectivity index (χ0n) is 63.4. The average Bonchev–Trinajstić information content (AvgIpc) is 0.869. The maximum atomic E-state index is 13.4. The van der Waals surface area contributed by atoms with Crippen LogP contribution >= 0.6 is 0 Å². The number of ketones is 3. The molecule has 0 aromatic heterocycles. The quantitative estimate of drug-likeness (QED) is 0.0157. The Hall–Kier alpha value is -9.26. The van der Waals surface area contributed by atoms with E-state index in [9.17, 15) is 28.8 Å². The topological polar surface area (TPSA) is 290 Å². The van der Waals surface area contributed by atoms with Gasteiger partial charge in [0, 0.05) is 37.0 Å². The third kappa shape index (κ3) is 30.3. The molecule has 6 unspecified atom stereocenters. The first-order chi connectivity index (χ1) is 49.6. The Morgan fingerprint density at radius 2 is 0.485 bits per heavy atom. The molecule has 0 aliphatic carbocycles. The van der Waals surface area contributed by atoms with E-state index in [0.29, 0.717) is 124 Å². The standard InChI is InChI=1S/C28H40N2O5.2C28H39NO5/c1-5-9-21(14-19-10-12-26(33-6-2)23(29)16-19)25(31)18-22(28(32)35-8-4)15-20-11-13-27(34-7-3)24(30)17-20;2*1-5-9-22(17-21-12-15-27(33-7-3)25(29)18-21)26(30)19-23(28(31)34-8-4)16-20-10-13-24(14-11-20)32-6-2/h10-13,16-17,21-22H,5-9,14-15,18,29-30H2,1-4H3;2*10-15,18,22-23H,5-9,16-17,19,29H2,1-4H3. The molecule has 0 saturated carbocycles. The Balaban J connectivity index is 0.000000327. The number of ether oxygens (including phenoxy) is 9. The molecule has 6 atom stereocenters. The Morgan fingerprint density at radius 3 is 0.689 bits per heavy atom. The van der Waals surface area contributed by atoms with Crippen molar-refractivity contribution in [1.82, 2.24) is 0 Å². The molecule has 6 aromatic rings. The van der Waals surface area contributed by atoms with Gasteiger partial charge in [-0.25, -0.2) is 0 Å². The molecule has 0 aliphatic heterocycles. The fourth-order valence-electron chi connectivity index (χ4n) is 12.4. The van der Waals surface area contributed by atoms with Crippen molar-refractivity contribution in [3.63, 3.8) is 0 Å². The lowest BCUT2D eigenvalue weighted by atomic mass is 9.84. The minimum absolute atomic E-state index is 0.0521. The predicted octanol–water partition coefficient (Wildman–Crippen LogP) is 15.8. The molecule has 0 aliphatic rings. The average molecular weight is 1420 g/mol. The molecule has 19 heteroatoms. The molecule has 103 heavy (non-hydrogen) atoms. The molecule has 0 spiro atoms. The molecule has 0 heterocycles. The second-order valence-electron chi connectivity index (χ2n) is 25.4. The van der Waals surface area contributed by atoms with Gasteiger partial charge in [0.2, 0.25) is 0 Å². The van der Waals surface area contributed by atoms with Crippen LogP contribution in [0.1, 0.15) is 174 Å². The Bertz CT molecular complexity index is 3370. The second kappa shape index (κ2) is 47.8. The van der Waals surface area contributed by atoms with Crippen LogP contribution in [0.5, 0.6) is 34.5 Å². The van der Waals surface area contributed by atoms with Crippen LogP contribution in [0, 0.1) is 35.5 Å². The molecule has 0 radical (unpaired) electrons. The number of hydrogen-bond acceptors (Lipinski definition) is 19. The van der Waals surface area contributed by atoms with Crippen LogP contribution < -0.4 is 51.4 Å². The lowest BCUT2D eigenvalue weighted by Crippen LogP contribution is -2.27. The number of anilines is 4. The van der Waals surface area contributed by atoms with E-state index in [4.69, 9.17) is 65.6 Å². The third-order valence-electron chi connectivity index (χ3n) is 17.3. The van der Waals surface area contributed by atoms with Crippen molar-refractivity contribution in [3.05, 3.63) is 155 Å². The SMILES string of the molecule is CCCC(Cc1ccc(OCC)c(N)c1)C(=O)CC(Cc1ccc(OCC)c(N)c1)C(=O)OCC.CCCC(Cc1ccc(OCC)c(N)c1)C(=O)CC(Cc1ccc(OCC)cc1)C(=O)OCC.CCCC(Cc1ccc(OCC)c(N)c1)C(=O)CC(Cc1ccc(OCC)cc1)C(=O)OCC. The number of carbonyl (C=O) groups excluding carboxylic acids is 6. The molecule has 0 fully saturated rings. The highest BCUT2D eigenvalue weighted by atomic mass is 16.5. The molecule has 8 N–H and O–H groups in total. The number of carbonyl (C=O) groups is 6. The Morgan fingerprint density at radius 1 is 0.272 bits per heavy atom. The fraction of sp³-hybridized carbons (Fsp3) is 0.500. The van der Waals surface area contributed by atoms with Gasteiger partial charge in [0.15, 0.2) is 0 Å². The van der Waals surface area contributed by atoms with Crippen molar-refractivity contribution in [2.24, 2.45) is 35.5 Å². The van der Waals surface area contributed by atoms with Crippen molar-refractivity contribution in [3.8, 4) is 34.5 Å². The summed E-state index contributed by atoms with van der Waals surface area (Å²) in [4.78, 5) is 78.3. The summed E-state index contributed by atoms with van der Waals surface area (Å²) in [5.74, 6) is 1.14. The summed E-state index contributed by atoms with van der Waals surface area (Å²) in [6, 6.07) is 37.8. The zero-order valence-corrected chi connectivity index (χ0v) is 63.4. The first-order valence-corrected chi connectivity index (χ1v) is 37.2. The van der Waals surface area contributed by atoms with Gasteiger partial charge >= 0.3 is 17.9 Å². The molecule has 19 nitrogen and oxygen atoms in total. The minimum Gasteiger partial charge on any atom is -0.494 e. The van der Waals surface area contributed by atoms with Crippen LogP contribution in [-0.4, -0.2) is 94.7 Å². The van der Waals surface area contributed by atoms with Crippen LogP contribution in [0.25, 0.3) is 0 Å². The normalized spacial score (nSPS) is 12.6. The summed E-state index contributed by atoms with van der Waals surface area (Å²) in [5, 5.41) is 0. The van der Waals surface area contributed by atoms with Gasteiger partial charge in [-0.05, 0) is 226 Å². The molecule has 0 amide bonds. The van der Waals surface area contributed by atoms with E-state index in [1.165, 1.54) is 0 Å². The molecule has 6 aromatic carbocycles. The highest BCUT2D eigenvalue weighted by molar-refractivity contribution is 5.88. The van der Waals surface area contributed by atoms with Crippen molar-refractivity contribution < 1.29 is 71.4 Å². The Labute approximate surface area is 613 Å². The fourth-order valence-corrected chi connectivity index (χ4v) is 12.4. The molecule has 6 rings (SSSR count). The molecule has 0 saturated heterocycles. The third-order valence-corrected chi connectivity index (χ3v) is 17.3. The number of Topliss-reactive ketones (excluding diaryl/α,β-unsaturated/α-hetero) is 3. The van der Waals surface area contributed by atoms with Gasteiger partial charge in [0.05, 0.1) is 100.0 Å². The first kappa shape index (κ1) is 86.1. The van der Waals surface area contributed by atoms with Crippen LogP contribution in [0.2, 0.25) is 0 Å². The van der Waals surface area contributed by atoms with Crippen molar-refractivity contribution in [2.75, 3.05) is 82.4 Å². The number of benzene rings is 6. The van der Waals surface area contributed by atoms with Crippen LogP contribution in [-0.2, 0) is 81.5 Å². The number of nitrogens with two attached hydrogens (primary N) is 4. The van der Waals surface area contributed by atoms with Crippen molar-refractivity contribution in [2.45, 2.75) is 179 Å². The summed E-state index contributed by atoms with van der Waals surface area (Å²) in [5.41, 5.74) is 32.5. The monoisotopic (exact) mass is 1420 g/mol. The molecule has 0 bridgehead atoms. The van der Waals surface area contributed by atoms with Gasteiger partial charge in [-0.1, -0.05) is 88.6 Å². The van der Waals surface area contributed by atoms with E-state index in [1.807, 2.05) is 151 Å². The van der Waals surface area contributed by atoms with Gasteiger partial charge in [0.1, 0.15) is 51.8 Å². The van der Waals surface area contributed by atoms with E-state index in [1.54, 1.807) is 32.9 Å². The number of esters is 3. The number of rotatable bonds is 45. The highest BCUT2D eigenvalue weighted by Gasteiger charge is 2.32. The summed E-state index contributed by atoms with van der Waals surface area (Å²) >= 11 is 0. The van der Waals surface area contributed by atoms with E-state index in [0.717, 1.165) is 83.4 Å². The van der Waals surface area contributed by atoms with E-state index < -0.39 is 17.8 Å². The van der Waals surface area contributed by atoms with Crippen LogP contribution in [0.3, 0.4) is 0 Å². The van der Waals surface area contributed by atoms with Crippen molar-refractivity contribution >= 4 is 58.0 Å². The van der Waals surface area contributed by atoms with Gasteiger partial charge in [-0.15, -0.1) is 0 Å². The number of hydrogen-bond donors (Lipinski definition) is 4. The van der Waals surface area contributed by atoms with Gasteiger partial charge in [-0.2, -0.15) is 0 Å². The number of nitrogen functional groups attached to an aromatic ring is 4. The highest BCUT2D eigenvalue weighted by Crippen LogP contribution is 2.33. The van der Waals surface area contributed by atoms with Crippen molar-refractivity contribution in [1.29, 1.82) is 0 Å². The second-order valence-corrected chi connectivity index (χ2v) is 25.4. The minimum atomic E-state index is -0.579.